The Balaban J connectivity index is 2.43. The maximum Gasteiger partial charge on any atom is 0.426 e. The zero-order chi connectivity index (χ0) is 14.3. The van der Waals surface area contributed by atoms with Crippen LogP contribution >= 0.6 is 0 Å². The summed E-state index contributed by atoms with van der Waals surface area (Å²) < 4.78 is 5.27. The Kier molecular flexibility index (Phi) is 3.18. The van der Waals surface area contributed by atoms with Crippen LogP contribution in [0.25, 0.3) is 0 Å². The Morgan fingerprint density at radius 2 is 1.89 bits per heavy atom. The number of aliphatic hydroxyl groups is 1. The first kappa shape index (κ1) is 13.7. The normalized spacial score (nSPS) is 30.8. The number of cyclic esters (lactones) is 1. The van der Waals surface area contributed by atoms with Crippen molar-refractivity contribution in [1.29, 1.82) is 0 Å². The standard InChI is InChI=1S/C14H20N2O3/c1-5-13(3)14(4,18)16(15-12(17)19-13)11-8-6-10(2)7-9-11/h6-9,18H,5H2,1-4H3,(H,15,17)/t13-,14+/m1/s1. The molecular weight excluding hydrogens is 244 g/mol. The van der Waals surface area contributed by atoms with Gasteiger partial charge in [-0.15, -0.1) is 0 Å². The molecule has 19 heavy (non-hydrogen) atoms. The topological polar surface area (TPSA) is 61.8 Å². The van der Waals surface area contributed by atoms with Gasteiger partial charge in [0.1, 0.15) is 0 Å². The van der Waals surface area contributed by atoms with E-state index in [9.17, 15) is 9.90 Å². The lowest BCUT2D eigenvalue weighted by Crippen LogP contribution is -2.72. The second-order valence-electron chi connectivity index (χ2n) is 5.28. The molecule has 2 atom stereocenters. The Morgan fingerprint density at radius 1 is 1.32 bits per heavy atom. The lowest BCUT2D eigenvalue weighted by Gasteiger charge is -2.51. The number of ether oxygens (including phenoxy) is 1. The van der Waals surface area contributed by atoms with E-state index >= 15 is 0 Å². The molecule has 1 fully saturated rings. The lowest BCUT2D eigenvalue weighted by molar-refractivity contribution is -0.158. The molecule has 2 N–H and O–H groups in total. The van der Waals surface area contributed by atoms with Crippen molar-refractivity contribution in [2.75, 3.05) is 5.01 Å². The molecule has 1 aliphatic heterocycles. The smallest absolute Gasteiger partial charge is 0.426 e. The summed E-state index contributed by atoms with van der Waals surface area (Å²) in [4.78, 5) is 11.7. The van der Waals surface area contributed by atoms with Crippen LogP contribution in [-0.2, 0) is 4.74 Å². The molecule has 1 heterocycles. The Hall–Kier alpha value is -1.75. The molecule has 5 nitrogen and oxygen atoms in total. The molecule has 2 rings (SSSR count). The van der Waals surface area contributed by atoms with Gasteiger partial charge in [0.15, 0.2) is 11.3 Å². The predicted molar refractivity (Wildman–Crippen MR) is 72.6 cm³/mol. The minimum atomic E-state index is -1.34. The molecule has 0 spiro atoms. The van der Waals surface area contributed by atoms with Crippen molar-refractivity contribution in [3.8, 4) is 0 Å². The van der Waals surface area contributed by atoms with Crippen molar-refractivity contribution in [2.24, 2.45) is 0 Å². The van der Waals surface area contributed by atoms with Crippen LogP contribution in [-0.4, -0.2) is 22.5 Å². The van der Waals surface area contributed by atoms with Crippen molar-refractivity contribution in [1.82, 2.24) is 5.43 Å². The van der Waals surface area contributed by atoms with Gasteiger partial charge in [0.2, 0.25) is 0 Å². The third-order valence-corrected chi connectivity index (χ3v) is 3.93. The Morgan fingerprint density at radius 3 is 2.42 bits per heavy atom. The van der Waals surface area contributed by atoms with Gasteiger partial charge in [0.05, 0.1) is 5.69 Å². The molecule has 5 heteroatoms. The summed E-state index contributed by atoms with van der Waals surface area (Å²) in [5.74, 6) is 0. The molecule has 104 valence electrons. The molecule has 0 aliphatic carbocycles. The summed E-state index contributed by atoms with van der Waals surface area (Å²) in [6.07, 6.45) is -0.0491. The Bertz CT molecular complexity index is 484. The van der Waals surface area contributed by atoms with Crippen LogP contribution in [0.15, 0.2) is 24.3 Å². The van der Waals surface area contributed by atoms with Gasteiger partial charge in [-0.25, -0.2) is 15.2 Å². The van der Waals surface area contributed by atoms with Crippen LogP contribution in [0.5, 0.6) is 0 Å². The fourth-order valence-corrected chi connectivity index (χ4v) is 2.18. The number of hydrazine groups is 1. The molecular formula is C14H20N2O3. The molecule has 1 aliphatic rings. The average molecular weight is 264 g/mol. The fourth-order valence-electron chi connectivity index (χ4n) is 2.18. The minimum Gasteiger partial charge on any atom is -0.437 e. The van der Waals surface area contributed by atoms with E-state index in [2.05, 4.69) is 5.43 Å². The number of anilines is 1. The van der Waals surface area contributed by atoms with Crippen molar-refractivity contribution in [3.63, 3.8) is 0 Å². The van der Waals surface area contributed by atoms with Crippen molar-refractivity contribution in [3.05, 3.63) is 29.8 Å². The number of hydrogen-bond donors (Lipinski definition) is 2. The van der Waals surface area contributed by atoms with Crippen LogP contribution in [0.2, 0.25) is 0 Å². The number of aryl methyl sites for hydroxylation is 1. The number of amides is 1. The molecule has 1 saturated heterocycles. The number of benzene rings is 1. The van der Waals surface area contributed by atoms with Gasteiger partial charge >= 0.3 is 6.09 Å². The first-order valence-electron chi connectivity index (χ1n) is 6.39. The van der Waals surface area contributed by atoms with E-state index in [-0.39, 0.29) is 0 Å². The largest absolute Gasteiger partial charge is 0.437 e. The molecule has 1 amide bonds. The lowest BCUT2D eigenvalue weighted by atomic mass is 9.89. The molecule has 0 bridgehead atoms. The molecule has 1 aromatic carbocycles. The highest BCUT2D eigenvalue weighted by Crippen LogP contribution is 2.37. The first-order valence-corrected chi connectivity index (χ1v) is 6.39. The van der Waals surface area contributed by atoms with Gasteiger partial charge in [-0.05, 0) is 39.3 Å². The van der Waals surface area contributed by atoms with E-state index in [1.165, 1.54) is 5.01 Å². The van der Waals surface area contributed by atoms with E-state index in [0.717, 1.165) is 5.56 Å². The van der Waals surface area contributed by atoms with Gasteiger partial charge < -0.3 is 9.84 Å². The van der Waals surface area contributed by atoms with Gasteiger partial charge in [-0.3, -0.25) is 0 Å². The van der Waals surface area contributed by atoms with Gasteiger partial charge in [-0.1, -0.05) is 24.6 Å². The van der Waals surface area contributed by atoms with E-state index in [0.29, 0.717) is 12.1 Å². The number of carbonyl (C=O) groups excluding carboxylic acids is 1. The number of hydrogen-bond acceptors (Lipinski definition) is 4. The fraction of sp³-hybridized carbons (Fsp3) is 0.500. The second kappa shape index (κ2) is 4.42. The summed E-state index contributed by atoms with van der Waals surface area (Å²) in [6.45, 7) is 7.22. The summed E-state index contributed by atoms with van der Waals surface area (Å²) >= 11 is 0. The van der Waals surface area contributed by atoms with Crippen molar-refractivity contribution < 1.29 is 14.6 Å². The maximum absolute atomic E-state index is 11.7. The van der Waals surface area contributed by atoms with Gasteiger partial charge in [-0.2, -0.15) is 0 Å². The van der Waals surface area contributed by atoms with Gasteiger partial charge in [0.25, 0.3) is 0 Å². The third kappa shape index (κ3) is 2.14. The number of nitrogens with zero attached hydrogens (tertiary/aromatic N) is 1. The molecule has 0 unspecified atom stereocenters. The molecule has 0 radical (unpaired) electrons. The second-order valence-corrected chi connectivity index (χ2v) is 5.28. The highest BCUT2D eigenvalue weighted by molar-refractivity contribution is 5.73. The predicted octanol–water partition coefficient (Wildman–Crippen LogP) is 2.33. The Labute approximate surface area is 113 Å². The summed E-state index contributed by atoms with van der Waals surface area (Å²) in [7, 11) is 0. The summed E-state index contributed by atoms with van der Waals surface area (Å²) in [6, 6.07) is 7.56. The number of carbonyl (C=O) groups is 1. The number of rotatable bonds is 2. The van der Waals surface area contributed by atoms with Crippen molar-refractivity contribution >= 4 is 11.8 Å². The minimum absolute atomic E-state index is 0.510. The van der Waals surface area contributed by atoms with E-state index in [1.807, 2.05) is 38.1 Å². The van der Waals surface area contributed by atoms with E-state index in [4.69, 9.17) is 4.74 Å². The quantitative estimate of drug-likeness (QED) is 0.860. The SMILES string of the molecule is CC[C@@]1(C)OC(=O)NN(c2ccc(C)cc2)[C@@]1(C)O. The highest BCUT2D eigenvalue weighted by Gasteiger charge is 2.54. The van der Waals surface area contributed by atoms with E-state index < -0.39 is 17.4 Å². The van der Waals surface area contributed by atoms with Crippen LogP contribution in [0.1, 0.15) is 32.8 Å². The zero-order valence-electron chi connectivity index (χ0n) is 11.7. The molecule has 1 aromatic rings. The van der Waals surface area contributed by atoms with Crippen LogP contribution in [0, 0.1) is 6.92 Å². The highest BCUT2D eigenvalue weighted by atomic mass is 16.6. The molecule has 0 aromatic heterocycles. The van der Waals surface area contributed by atoms with Crippen LogP contribution in [0.4, 0.5) is 10.5 Å². The van der Waals surface area contributed by atoms with Crippen LogP contribution in [0.3, 0.4) is 0 Å². The van der Waals surface area contributed by atoms with E-state index in [1.54, 1.807) is 13.8 Å². The monoisotopic (exact) mass is 264 g/mol. The average Bonchev–Trinajstić information content (AvgIpc) is 2.35. The summed E-state index contributed by atoms with van der Waals surface area (Å²) in [5, 5.41) is 12.2. The maximum atomic E-state index is 11.7. The van der Waals surface area contributed by atoms with Crippen molar-refractivity contribution in [2.45, 2.75) is 45.4 Å². The van der Waals surface area contributed by atoms with Gasteiger partial charge in [0, 0.05) is 0 Å². The first-order chi connectivity index (χ1) is 8.80. The molecule has 0 saturated carbocycles. The summed E-state index contributed by atoms with van der Waals surface area (Å²) in [5.41, 5.74) is 2.07. The number of nitrogens with one attached hydrogen (secondary N) is 1. The van der Waals surface area contributed by atoms with Crippen LogP contribution < -0.4 is 10.4 Å². The third-order valence-electron chi connectivity index (χ3n) is 3.93. The zero-order valence-corrected chi connectivity index (χ0v) is 11.7.